The second-order valence-electron chi connectivity index (χ2n) is 9.86. The second-order valence-corrected chi connectivity index (χ2v) is 9.86. The van der Waals surface area contributed by atoms with Gasteiger partial charge in [-0.05, 0) is 41.7 Å². The number of carbonyl (C=O) groups is 3. The molecule has 3 aromatic rings. The topological polar surface area (TPSA) is 114 Å². The average Bonchev–Trinajstić information content (AvgIpc) is 3.26. The zero-order chi connectivity index (χ0) is 29.8. The number of halogens is 3. The van der Waals surface area contributed by atoms with Crippen LogP contribution in [0.25, 0.3) is 11.1 Å². The fraction of sp³-hybridized carbons (Fsp3) is 0.300. The molecule has 216 valence electrons. The number of benzene rings is 3. The van der Waals surface area contributed by atoms with Crippen LogP contribution < -0.4 is 10.6 Å². The number of nitrogens with one attached hydrogen (secondary N) is 2. The van der Waals surface area contributed by atoms with Crippen LogP contribution in [0.4, 0.5) is 18.0 Å². The van der Waals surface area contributed by atoms with Gasteiger partial charge in [0.2, 0.25) is 5.54 Å². The van der Waals surface area contributed by atoms with Crippen molar-refractivity contribution < 1.29 is 42.1 Å². The lowest BCUT2D eigenvalue weighted by molar-refractivity contribution is -0.195. The Morgan fingerprint density at radius 3 is 1.98 bits per heavy atom. The third-order valence-corrected chi connectivity index (χ3v) is 7.09. The highest BCUT2D eigenvalue weighted by molar-refractivity contribution is 5.93. The number of ether oxygens (including phenoxy) is 2. The minimum Gasteiger partial charge on any atom is -0.480 e. The van der Waals surface area contributed by atoms with Crippen molar-refractivity contribution in [1.29, 1.82) is 0 Å². The van der Waals surface area contributed by atoms with Crippen LogP contribution in [-0.2, 0) is 25.7 Å². The van der Waals surface area contributed by atoms with Crippen LogP contribution in [0, 0.1) is 0 Å². The van der Waals surface area contributed by atoms with Crippen molar-refractivity contribution in [2.45, 2.75) is 50.2 Å². The first kappa shape index (κ1) is 29.6. The van der Waals surface area contributed by atoms with Crippen molar-refractivity contribution in [3.8, 4) is 11.1 Å². The normalized spacial score (nSPS) is 15.5. The van der Waals surface area contributed by atoms with Gasteiger partial charge >= 0.3 is 18.2 Å². The van der Waals surface area contributed by atoms with Gasteiger partial charge in [-0.15, -0.1) is 0 Å². The van der Waals surface area contributed by atoms with Gasteiger partial charge in [-0.25, -0.2) is 9.59 Å². The number of hydrogen-bond donors (Lipinski definition) is 3. The fourth-order valence-electron chi connectivity index (χ4n) is 4.66. The summed E-state index contributed by atoms with van der Waals surface area (Å²) in [6.45, 7) is 1.44. The Bertz CT molecular complexity index is 1370. The van der Waals surface area contributed by atoms with Crippen LogP contribution in [0.3, 0.4) is 0 Å². The number of carboxylic acid groups (broad SMARTS) is 1. The number of amides is 2. The van der Waals surface area contributed by atoms with Gasteiger partial charge in [0.05, 0.1) is 12.7 Å². The maximum Gasteiger partial charge on any atom is 0.420 e. The van der Waals surface area contributed by atoms with Crippen LogP contribution in [0.15, 0.2) is 78.9 Å². The van der Waals surface area contributed by atoms with E-state index in [1.54, 1.807) is 35.6 Å². The highest BCUT2D eigenvalue weighted by Crippen LogP contribution is 2.44. The Labute approximate surface area is 234 Å². The van der Waals surface area contributed by atoms with Crippen LogP contribution >= 0.6 is 0 Å². The first-order chi connectivity index (χ1) is 19.4. The summed E-state index contributed by atoms with van der Waals surface area (Å²) in [5, 5.41) is 13.1. The minimum atomic E-state index is -5.29. The molecule has 1 aliphatic rings. The molecule has 0 saturated heterocycles. The number of hydrogen-bond acceptors (Lipinski definition) is 5. The summed E-state index contributed by atoms with van der Waals surface area (Å²) in [4.78, 5) is 37.4. The van der Waals surface area contributed by atoms with E-state index in [2.05, 4.69) is 0 Å². The van der Waals surface area contributed by atoms with E-state index in [-0.39, 0.29) is 13.2 Å². The molecule has 1 aliphatic carbocycles. The zero-order valence-electron chi connectivity index (χ0n) is 22.3. The van der Waals surface area contributed by atoms with E-state index >= 15 is 0 Å². The summed E-state index contributed by atoms with van der Waals surface area (Å²) in [7, 11) is 0. The summed E-state index contributed by atoms with van der Waals surface area (Å²) < 4.78 is 53.2. The van der Waals surface area contributed by atoms with Crippen LogP contribution in [-0.4, -0.2) is 53.5 Å². The molecular formula is C30H29F3N2O6. The molecule has 2 amide bonds. The number of alkyl halides is 3. The molecule has 0 saturated carbocycles. The lowest BCUT2D eigenvalue weighted by atomic mass is 9.98. The molecule has 3 N–H and O–H groups in total. The van der Waals surface area contributed by atoms with E-state index < -0.39 is 47.7 Å². The van der Waals surface area contributed by atoms with Crippen molar-refractivity contribution in [3.05, 3.63) is 95.6 Å². The Kier molecular flexibility index (Phi) is 8.67. The maximum absolute atomic E-state index is 14.2. The fourth-order valence-corrected chi connectivity index (χ4v) is 4.66. The predicted octanol–water partition coefficient (Wildman–Crippen LogP) is 5.02. The van der Waals surface area contributed by atoms with Crippen LogP contribution in [0.5, 0.6) is 0 Å². The largest absolute Gasteiger partial charge is 0.480 e. The van der Waals surface area contributed by atoms with Crippen molar-refractivity contribution in [3.63, 3.8) is 0 Å². The monoisotopic (exact) mass is 570 g/mol. The molecule has 0 bridgehead atoms. The Balaban J connectivity index is 1.44. The van der Waals surface area contributed by atoms with Gasteiger partial charge in [0.25, 0.3) is 5.91 Å². The second kappa shape index (κ2) is 12.0. The number of fused-ring (bicyclic) bond motifs is 3. The molecule has 11 heteroatoms. The third-order valence-electron chi connectivity index (χ3n) is 7.09. The minimum absolute atomic E-state index is 0.0316. The molecular weight excluding hydrogens is 541 g/mol. The van der Waals surface area contributed by atoms with Gasteiger partial charge in [-0.2, -0.15) is 13.2 Å². The number of alkyl carbamates (subject to hydrolysis) is 1. The van der Waals surface area contributed by atoms with E-state index in [9.17, 15) is 32.7 Å². The Morgan fingerprint density at radius 1 is 0.902 bits per heavy atom. The molecule has 41 heavy (non-hydrogen) atoms. The van der Waals surface area contributed by atoms with E-state index in [0.717, 1.165) is 22.3 Å². The molecule has 0 spiro atoms. The quantitative estimate of drug-likeness (QED) is 0.316. The molecule has 0 aromatic heterocycles. The van der Waals surface area contributed by atoms with Gasteiger partial charge in [-0.1, -0.05) is 78.9 Å². The van der Waals surface area contributed by atoms with E-state index in [0.29, 0.717) is 12.5 Å². The maximum atomic E-state index is 14.2. The SMILES string of the molecule is CC(OCc1ccccc1)C(NC(=O)C(C)(NC(=O)OCC1c2ccccc2-c2ccccc21)C(F)(F)F)C(=O)O. The smallest absolute Gasteiger partial charge is 0.420 e. The summed E-state index contributed by atoms with van der Waals surface area (Å²) >= 11 is 0. The predicted molar refractivity (Wildman–Crippen MR) is 143 cm³/mol. The molecule has 0 aliphatic heterocycles. The first-order valence-corrected chi connectivity index (χ1v) is 12.8. The number of carboxylic acids is 1. The van der Waals surface area contributed by atoms with Crippen molar-refractivity contribution in [2.75, 3.05) is 6.61 Å². The van der Waals surface area contributed by atoms with Crippen LogP contribution in [0.1, 0.15) is 36.5 Å². The number of carbonyl (C=O) groups excluding carboxylic acids is 2. The van der Waals surface area contributed by atoms with Crippen molar-refractivity contribution >= 4 is 18.0 Å². The molecule has 4 rings (SSSR count). The third kappa shape index (κ3) is 6.35. The lowest BCUT2D eigenvalue weighted by Gasteiger charge is -2.33. The number of rotatable bonds is 10. The zero-order valence-corrected chi connectivity index (χ0v) is 22.3. The standard InChI is InChI=1S/C30H29F3N2O6/c1-18(40-16-19-10-4-3-5-11-19)25(26(36)37)34-27(38)29(2,30(31,32)33)35-28(39)41-17-24-22-14-8-6-12-20(22)21-13-7-9-15-23(21)24/h3-15,18,24-25H,16-17H2,1-2H3,(H,34,38)(H,35,39)(H,36,37). The van der Waals surface area contributed by atoms with Gasteiger partial charge in [-0.3, -0.25) is 10.1 Å². The molecule has 8 nitrogen and oxygen atoms in total. The van der Waals surface area contributed by atoms with Crippen LogP contribution in [0.2, 0.25) is 0 Å². The molecule has 0 fully saturated rings. The molecule has 3 unspecified atom stereocenters. The molecule has 3 atom stereocenters. The van der Waals surface area contributed by atoms with E-state index in [1.165, 1.54) is 6.92 Å². The van der Waals surface area contributed by atoms with E-state index in [4.69, 9.17) is 9.47 Å². The first-order valence-electron chi connectivity index (χ1n) is 12.8. The van der Waals surface area contributed by atoms with Gasteiger partial charge in [0.1, 0.15) is 6.61 Å². The Morgan fingerprint density at radius 2 is 1.44 bits per heavy atom. The molecule has 0 heterocycles. The average molecular weight is 571 g/mol. The summed E-state index contributed by atoms with van der Waals surface area (Å²) in [5.41, 5.74) is 0.771. The van der Waals surface area contributed by atoms with Gasteiger partial charge < -0.3 is 19.9 Å². The van der Waals surface area contributed by atoms with E-state index in [1.807, 2.05) is 53.8 Å². The van der Waals surface area contributed by atoms with Gasteiger partial charge in [0, 0.05) is 5.92 Å². The summed E-state index contributed by atoms with van der Waals surface area (Å²) in [6.07, 6.45) is -7.98. The highest BCUT2D eigenvalue weighted by atomic mass is 19.4. The van der Waals surface area contributed by atoms with Crippen molar-refractivity contribution in [2.24, 2.45) is 0 Å². The van der Waals surface area contributed by atoms with Gasteiger partial charge in [0.15, 0.2) is 6.04 Å². The Hall–Kier alpha value is -4.38. The number of aliphatic carboxylic acids is 1. The highest BCUT2D eigenvalue weighted by Gasteiger charge is 2.59. The molecule has 3 aromatic carbocycles. The summed E-state index contributed by atoms with van der Waals surface area (Å²) in [6, 6.07) is 21.7. The van der Waals surface area contributed by atoms with Crippen molar-refractivity contribution in [1.82, 2.24) is 10.6 Å². The summed E-state index contributed by atoms with van der Waals surface area (Å²) in [5.74, 6) is -3.80. The molecule has 0 radical (unpaired) electrons. The lowest BCUT2D eigenvalue weighted by Crippen LogP contribution is -2.67.